The number of nitrogens with zero attached hydrogens (tertiary/aromatic N) is 1. The van der Waals surface area contributed by atoms with E-state index in [1.165, 1.54) is 18.2 Å². The maximum atomic E-state index is 12.6. The third-order valence-corrected chi connectivity index (χ3v) is 5.52. The SMILES string of the molecule is CC(C)CNC(=O)c1ccccc1NC(=O)CN(c1cc(Cl)cc(Cl)c1)S(C)(=O)=O. The van der Waals surface area contributed by atoms with Gasteiger partial charge in [0.15, 0.2) is 0 Å². The van der Waals surface area contributed by atoms with E-state index in [1.807, 2.05) is 13.8 Å². The third-order valence-electron chi connectivity index (χ3n) is 3.94. The quantitative estimate of drug-likeness (QED) is 0.611. The number of carbonyl (C=O) groups excluding carboxylic acids is 2. The topological polar surface area (TPSA) is 95.6 Å². The highest BCUT2D eigenvalue weighted by Crippen LogP contribution is 2.27. The minimum atomic E-state index is -3.81. The lowest BCUT2D eigenvalue weighted by Crippen LogP contribution is -2.38. The molecule has 0 heterocycles. The average Bonchev–Trinajstić information content (AvgIpc) is 2.63. The molecule has 0 fully saturated rings. The van der Waals surface area contributed by atoms with Crippen molar-refractivity contribution >= 4 is 56.4 Å². The lowest BCUT2D eigenvalue weighted by molar-refractivity contribution is -0.114. The fourth-order valence-corrected chi connectivity index (χ4v) is 3.94. The minimum Gasteiger partial charge on any atom is -0.352 e. The van der Waals surface area contributed by atoms with Gasteiger partial charge in [-0.1, -0.05) is 49.2 Å². The molecular formula is C20H23Cl2N3O4S. The molecule has 2 N–H and O–H groups in total. The van der Waals surface area contributed by atoms with E-state index >= 15 is 0 Å². The average molecular weight is 472 g/mol. The molecule has 10 heteroatoms. The molecule has 2 aromatic carbocycles. The Morgan fingerprint density at radius 1 is 1.07 bits per heavy atom. The number of carbonyl (C=O) groups is 2. The zero-order valence-electron chi connectivity index (χ0n) is 16.8. The van der Waals surface area contributed by atoms with Crippen LogP contribution in [0.4, 0.5) is 11.4 Å². The Kier molecular flexibility index (Phi) is 8.11. The highest BCUT2D eigenvalue weighted by atomic mass is 35.5. The van der Waals surface area contributed by atoms with Crippen LogP contribution in [-0.4, -0.2) is 39.6 Å². The van der Waals surface area contributed by atoms with Gasteiger partial charge in [0.1, 0.15) is 6.54 Å². The van der Waals surface area contributed by atoms with Crippen LogP contribution in [-0.2, 0) is 14.8 Å². The van der Waals surface area contributed by atoms with Crippen LogP contribution < -0.4 is 14.9 Å². The van der Waals surface area contributed by atoms with Crippen molar-refractivity contribution in [1.29, 1.82) is 0 Å². The Labute approximate surface area is 186 Å². The predicted molar refractivity (Wildman–Crippen MR) is 121 cm³/mol. The van der Waals surface area contributed by atoms with Crippen molar-refractivity contribution in [2.45, 2.75) is 13.8 Å². The van der Waals surface area contributed by atoms with Crippen LogP contribution in [0.15, 0.2) is 42.5 Å². The largest absolute Gasteiger partial charge is 0.352 e. The fourth-order valence-electron chi connectivity index (χ4n) is 2.59. The first kappa shape index (κ1) is 24.0. The summed E-state index contributed by atoms with van der Waals surface area (Å²) in [5, 5.41) is 5.87. The zero-order chi connectivity index (χ0) is 22.5. The van der Waals surface area contributed by atoms with E-state index in [1.54, 1.807) is 24.3 Å². The van der Waals surface area contributed by atoms with Gasteiger partial charge in [-0.15, -0.1) is 0 Å². The van der Waals surface area contributed by atoms with Crippen molar-refractivity contribution in [2.24, 2.45) is 5.92 Å². The van der Waals surface area contributed by atoms with Gasteiger partial charge in [-0.25, -0.2) is 8.42 Å². The lowest BCUT2D eigenvalue weighted by Gasteiger charge is -2.22. The van der Waals surface area contributed by atoms with Crippen molar-refractivity contribution in [3.63, 3.8) is 0 Å². The number of rotatable bonds is 8. The molecule has 30 heavy (non-hydrogen) atoms. The number of nitrogens with one attached hydrogen (secondary N) is 2. The number of halogens is 2. The summed E-state index contributed by atoms with van der Waals surface area (Å²) in [5.41, 5.74) is 0.720. The zero-order valence-corrected chi connectivity index (χ0v) is 19.1. The minimum absolute atomic E-state index is 0.160. The molecule has 0 radical (unpaired) electrons. The van der Waals surface area contributed by atoms with E-state index in [4.69, 9.17) is 23.2 Å². The molecule has 0 unspecified atom stereocenters. The van der Waals surface area contributed by atoms with Crippen LogP contribution in [0.1, 0.15) is 24.2 Å². The molecule has 7 nitrogen and oxygen atoms in total. The van der Waals surface area contributed by atoms with Crippen molar-refractivity contribution in [2.75, 3.05) is 29.0 Å². The summed E-state index contributed by atoms with van der Waals surface area (Å²) in [4.78, 5) is 25.1. The van der Waals surface area contributed by atoms with Gasteiger partial charge in [0.05, 0.1) is 23.2 Å². The van der Waals surface area contributed by atoms with Crippen molar-refractivity contribution in [3.8, 4) is 0 Å². The molecule has 2 rings (SSSR count). The maximum absolute atomic E-state index is 12.6. The first-order chi connectivity index (χ1) is 14.0. The molecule has 162 valence electrons. The molecule has 0 saturated carbocycles. The molecule has 0 atom stereocenters. The van der Waals surface area contributed by atoms with Crippen LogP contribution >= 0.6 is 23.2 Å². The van der Waals surface area contributed by atoms with Gasteiger partial charge >= 0.3 is 0 Å². The van der Waals surface area contributed by atoms with Crippen molar-refractivity contribution in [1.82, 2.24) is 5.32 Å². The Bertz CT molecular complexity index is 1020. The second kappa shape index (κ2) is 10.1. The first-order valence-corrected chi connectivity index (χ1v) is 11.7. The number of amides is 2. The van der Waals surface area contributed by atoms with Crippen LogP contribution in [0.2, 0.25) is 10.0 Å². The molecule has 0 aliphatic carbocycles. The number of benzene rings is 2. The normalized spacial score (nSPS) is 11.3. The van der Waals surface area contributed by atoms with E-state index in [0.717, 1.165) is 10.6 Å². The first-order valence-electron chi connectivity index (χ1n) is 9.08. The number of hydrogen-bond donors (Lipinski definition) is 2. The van der Waals surface area contributed by atoms with Crippen molar-refractivity contribution < 1.29 is 18.0 Å². The van der Waals surface area contributed by atoms with Crippen LogP contribution in [0.5, 0.6) is 0 Å². The highest BCUT2D eigenvalue weighted by molar-refractivity contribution is 7.92. The van der Waals surface area contributed by atoms with Gasteiger partial charge in [-0.3, -0.25) is 13.9 Å². The van der Waals surface area contributed by atoms with Gasteiger partial charge in [-0.2, -0.15) is 0 Å². The molecule has 0 aliphatic rings. The Morgan fingerprint density at radius 3 is 2.23 bits per heavy atom. The molecule has 0 aliphatic heterocycles. The number of para-hydroxylation sites is 1. The number of hydrogen-bond acceptors (Lipinski definition) is 4. The summed E-state index contributed by atoms with van der Waals surface area (Å²) in [5.74, 6) is -0.689. The van der Waals surface area contributed by atoms with Gasteiger partial charge in [0.25, 0.3) is 5.91 Å². The Balaban J connectivity index is 2.24. The maximum Gasteiger partial charge on any atom is 0.253 e. The number of anilines is 2. The smallest absolute Gasteiger partial charge is 0.253 e. The fraction of sp³-hybridized carbons (Fsp3) is 0.300. The van der Waals surface area contributed by atoms with E-state index in [2.05, 4.69) is 10.6 Å². The van der Waals surface area contributed by atoms with Gasteiger partial charge in [0, 0.05) is 16.6 Å². The second-order valence-corrected chi connectivity index (χ2v) is 9.87. The van der Waals surface area contributed by atoms with Gasteiger partial charge in [0.2, 0.25) is 15.9 Å². The summed E-state index contributed by atoms with van der Waals surface area (Å²) >= 11 is 11.9. The Hall–Kier alpha value is -2.29. The van der Waals surface area contributed by atoms with Gasteiger partial charge in [-0.05, 0) is 36.2 Å². The summed E-state index contributed by atoms with van der Waals surface area (Å²) in [6, 6.07) is 10.7. The summed E-state index contributed by atoms with van der Waals surface area (Å²) < 4.78 is 25.4. The summed E-state index contributed by atoms with van der Waals surface area (Å²) in [6.07, 6.45) is 0.975. The van der Waals surface area contributed by atoms with Crippen LogP contribution in [0.25, 0.3) is 0 Å². The summed E-state index contributed by atoms with van der Waals surface area (Å²) in [7, 11) is -3.81. The third kappa shape index (κ3) is 6.90. The lowest BCUT2D eigenvalue weighted by atomic mass is 10.1. The predicted octanol–water partition coefficient (Wildman–Crippen LogP) is 3.78. The molecule has 0 spiro atoms. The van der Waals surface area contributed by atoms with Crippen LogP contribution in [0, 0.1) is 5.92 Å². The highest BCUT2D eigenvalue weighted by Gasteiger charge is 2.23. The number of sulfonamides is 1. The monoisotopic (exact) mass is 471 g/mol. The molecule has 0 bridgehead atoms. The van der Waals surface area contributed by atoms with E-state index < -0.39 is 22.5 Å². The molecule has 2 aromatic rings. The van der Waals surface area contributed by atoms with E-state index in [9.17, 15) is 18.0 Å². The van der Waals surface area contributed by atoms with Crippen molar-refractivity contribution in [3.05, 3.63) is 58.1 Å². The van der Waals surface area contributed by atoms with Crippen LogP contribution in [0.3, 0.4) is 0 Å². The second-order valence-electron chi connectivity index (χ2n) is 7.09. The molecule has 2 amide bonds. The van der Waals surface area contributed by atoms with Gasteiger partial charge < -0.3 is 10.6 Å². The molecular weight excluding hydrogens is 449 g/mol. The standard InChI is InChI=1S/C20H23Cl2N3O4S/c1-13(2)11-23-20(27)17-6-4-5-7-18(17)24-19(26)12-25(30(3,28)29)16-9-14(21)8-15(22)10-16/h4-10,13H,11-12H2,1-3H3,(H,23,27)(H,24,26). The summed E-state index contributed by atoms with van der Waals surface area (Å²) in [6.45, 7) is 3.90. The van der Waals surface area contributed by atoms with E-state index in [0.29, 0.717) is 6.54 Å². The molecule has 0 aromatic heterocycles. The molecule has 0 saturated heterocycles. The van der Waals surface area contributed by atoms with E-state index in [-0.39, 0.29) is 38.8 Å². The Morgan fingerprint density at radius 2 is 1.67 bits per heavy atom.